The zero-order valence-corrected chi connectivity index (χ0v) is 17.3. The first-order valence-corrected chi connectivity index (χ1v) is 10.2. The molecule has 0 saturated heterocycles. The van der Waals surface area contributed by atoms with E-state index in [0.29, 0.717) is 25.4 Å². The Morgan fingerprint density at radius 3 is 2.59 bits per heavy atom. The lowest BCUT2D eigenvalue weighted by Gasteiger charge is -2.23. The summed E-state index contributed by atoms with van der Waals surface area (Å²) in [5.74, 6) is 0.352. The number of amides is 2. The van der Waals surface area contributed by atoms with Gasteiger partial charge in [-0.3, -0.25) is 9.59 Å². The Kier molecular flexibility index (Phi) is 8.08. The summed E-state index contributed by atoms with van der Waals surface area (Å²) in [6.45, 7) is 9.03. The van der Waals surface area contributed by atoms with E-state index in [0.717, 1.165) is 36.1 Å². The van der Waals surface area contributed by atoms with E-state index in [1.54, 1.807) is 11.8 Å². The Morgan fingerprint density at radius 2 is 1.96 bits per heavy atom. The number of nitrogens with zero attached hydrogens (tertiary/aromatic N) is 1. The third-order valence-electron chi connectivity index (χ3n) is 5.33. The van der Waals surface area contributed by atoms with Crippen LogP contribution in [0.5, 0.6) is 0 Å². The Bertz CT molecular complexity index is 692. The van der Waals surface area contributed by atoms with E-state index in [1.807, 2.05) is 19.1 Å². The van der Waals surface area contributed by atoms with Crippen molar-refractivity contribution in [1.82, 2.24) is 4.90 Å². The lowest BCUT2D eigenvalue weighted by atomic mass is 9.97. The van der Waals surface area contributed by atoms with Crippen LogP contribution in [-0.2, 0) is 9.59 Å². The van der Waals surface area contributed by atoms with Gasteiger partial charge in [-0.1, -0.05) is 43.7 Å². The van der Waals surface area contributed by atoms with E-state index in [-0.39, 0.29) is 11.8 Å². The summed E-state index contributed by atoms with van der Waals surface area (Å²) in [5.41, 5.74) is 4.59. The van der Waals surface area contributed by atoms with Gasteiger partial charge in [-0.05, 0) is 56.1 Å². The minimum Gasteiger partial charge on any atom is -0.342 e. The number of hydrogen-bond donors (Lipinski definition) is 1. The van der Waals surface area contributed by atoms with Crippen molar-refractivity contribution in [2.45, 2.75) is 72.1 Å². The standard InChI is InChI=1S/C23H34N2O2/c1-17(2)21-12-8-9-18(3)23(21)24-22(27)14-16-25(19(4)26)15-13-20-10-6-5-7-11-20/h8-10,12,17H,5-7,11,13-16H2,1-4H3,(H,24,27). The minimum atomic E-state index is -0.0330. The third-order valence-corrected chi connectivity index (χ3v) is 5.33. The predicted molar refractivity (Wildman–Crippen MR) is 112 cm³/mol. The largest absolute Gasteiger partial charge is 0.342 e. The molecule has 148 valence electrons. The molecule has 4 nitrogen and oxygen atoms in total. The average molecular weight is 371 g/mol. The second-order valence-electron chi connectivity index (χ2n) is 7.86. The molecule has 27 heavy (non-hydrogen) atoms. The number of carbonyl (C=O) groups excluding carboxylic acids is 2. The highest BCUT2D eigenvalue weighted by Gasteiger charge is 2.15. The number of carbonyl (C=O) groups is 2. The summed E-state index contributed by atoms with van der Waals surface area (Å²) in [6, 6.07) is 6.10. The lowest BCUT2D eigenvalue weighted by molar-refractivity contribution is -0.129. The Balaban J connectivity index is 1.90. The van der Waals surface area contributed by atoms with Crippen LogP contribution in [-0.4, -0.2) is 29.8 Å². The van der Waals surface area contributed by atoms with Gasteiger partial charge in [-0.25, -0.2) is 0 Å². The lowest BCUT2D eigenvalue weighted by Crippen LogP contribution is -2.33. The molecule has 2 amide bonds. The number of nitrogens with one attached hydrogen (secondary N) is 1. The van der Waals surface area contributed by atoms with E-state index in [4.69, 9.17) is 0 Å². The van der Waals surface area contributed by atoms with Crippen molar-refractivity contribution in [3.05, 3.63) is 41.0 Å². The summed E-state index contributed by atoms with van der Waals surface area (Å²) in [5, 5.41) is 3.07. The number of hydrogen-bond acceptors (Lipinski definition) is 2. The molecule has 1 N–H and O–H groups in total. The van der Waals surface area contributed by atoms with Crippen LogP contribution in [0.15, 0.2) is 29.8 Å². The summed E-state index contributed by atoms with van der Waals surface area (Å²) in [7, 11) is 0. The number of rotatable bonds is 8. The van der Waals surface area contributed by atoms with Crippen LogP contribution < -0.4 is 5.32 Å². The molecule has 0 heterocycles. The van der Waals surface area contributed by atoms with Gasteiger partial charge in [-0.15, -0.1) is 0 Å². The summed E-state index contributed by atoms with van der Waals surface area (Å²) < 4.78 is 0. The molecule has 0 aromatic heterocycles. The highest BCUT2D eigenvalue weighted by molar-refractivity contribution is 5.92. The second-order valence-corrected chi connectivity index (χ2v) is 7.86. The smallest absolute Gasteiger partial charge is 0.226 e. The van der Waals surface area contributed by atoms with Crippen LogP contribution in [0.1, 0.15) is 76.3 Å². The van der Waals surface area contributed by atoms with Crippen molar-refractivity contribution in [3.8, 4) is 0 Å². The van der Waals surface area contributed by atoms with Gasteiger partial charge in [0.1, 0.15) is 0 Å². The second kappa shape index (κ2) is 10.3. The molecule has 1 aliphatic rings. The molecule has 0 aliphatic heterocycles. The van der Waals surface area contributed by atoms with Gasteiger partial charge >= 0.3 is 0 Å². The van der Waals surface area contributed by atoms with E-state index >= 15 is 0 Å². The molecule has 0 fully saturated rings. The monoisotopic (exact) mass is 370 g/mol. The first-order valence-electron chi connectivity index (χ1n) is 10.2. The number of aryl methyl sites for hydroxylation is 1. The van der Waals surface area contributed by atoms with Gasteiger partial charge in [0.05, 0.1) is 0 Å². The van der Waals surface area contributed by atoms with Gasteiger partial charge in [0.2, 0.25) is 11.8 Å². The van der Waals surface area contributed by atoms with Crippen molar-refractivity contribution in [2.75, 3.05) is 18.4 Å². The van der Waals surface area contributed by atoms with Crippen molar-refractivity contribution in [1.29, 1.82) is 0 Å². The maximum Gasteiger partial charge on any atom is 0.226 e. The van der Waals surface area contributed by atoms with E-state index in [1.165, 1.54) is 18.4 Å². The quantitative estimate of drug-likeness (QED) is 0.641. The van der Waals surface area contributed by atoms with Crippen LogP contribution in [0.4, 0.5) is 5.69 Å². The number of allylic oxidation sites excluding steroid dienone is 1. The summed E-state index contributed by atoms with van der Waals surface area (Å²) >= 11 is 0. The molecule has 0 radical (unpaired) electrons. The summed E-state index contributed by atoms with van der Waals surface area (Å²) in [6.07, 6.45) is 8.41. The van der Waals surface area contributed by atoms with E-state index in [9.17, 15) is 9.59 Å². The van der Waals surface area contributed by atoms with Gasteiger partial charge in [0.15, 0.2) is 0 Å². The molecule has 1 aromatic carbocycles. The van der Waals surface area contributed by atoms with Crippen molar-refractivity contribution in [2.24, 2.45) is 0 Å². The number of para-hydroxylation sites is 1. The molecule has 0 atom stereocenters. The van der Waals surface area contributed by atoms with Crippen molar-refractivity contribution < 1.29 is 9.59 Å². The van der Waals surface area contributed by atoms with Crippen LogP contribution >= 0.6 is 0 Å². The zero-order chi connectivity index (χ0) is 19.8. The highest BCUT2D eigenvalue weighted by atomic mass is 16.2. The van der Waals surface area contributed by atoms with Gasteiger partial charge in [-0.2, -0.15) is 0 Å². The topological polar surface area (TPSA) is 49.4 Å². The molecule has 0 spiro atoms. The normalized spacial score (nSPS) is 14.0. The molecule has 0 unspecified atom stereocenters. The molecule has 0 bridgehead atoms. The van der Waals surface area contributed by atoms with Gasteiger partial charge in [0, 0.05) is 32.1 Å². The fraction of sp³-hybridized carbons (Fsp3) is 0.565. The molecule has 1 aliphatic carbocycles. The van der Waals surface area contributed by atoms with E-state index in [2.05, 4.69) is 31.3 Å². The van der Waals surface area contributed by atoms with Crippen LogP contribution in [0.3, 0.4) is 0 Å². The summed E-state index contributed by atoms with van der Waals surface area (Å²) in [4.78, 5) is 26.3. The predicted octanol–water partition coefficient (Wildman–Crippen LogP) is 5.19. The van der Waals surface area contributed by atoms with Gasteiger partial charge < -0.3 is 10.2 Å². The highest BCUT2D eigenvalue weighted by Crippen LogP contribution is 2.27. The number of anilines is 1. The van der Waals surface area contributed by atoms with Crippen molar-refractivity contribution >= 4 is 17.5 Å². The van der Waals surface area contributed by atoms with Crippen molar-refractivity contribution in [3.63, 3.8) is 0 Å². The maximum absolute atomic E-state index is 12.5. The first-order chi connectivity index (χ1) is 12.9. The van der Waals surface area contributed by atoms with Crippen LogP contribution in [0.25, 0.3) is 0 Å². The Labute approximate surface area is 164 Å². The van der Waals surface area contributed by atoms with Crippen LogP contribution in [0, 0.1) is 6.92 Å². The molecular formula is C23H34N2O2. The third kappa shape index (κ3) is 6.53. The van der Waals surface area contributed by atoms with E-state index < -0.39 is 0 Å². The molecule has 1 aromatic rings. The molecule has 4 heteroatoms. The fourth-order valence-electron chi connectivity index (χ4n) is 3.62. The minimum absolute atomic E-state index is 0.0330. The average Bonchev–Trinajstić information content (AvgIpc) is 2.63. The molecule has 0 saturated carbocycles. The van der Waals surface area contributed by atoms with Crippen LogP contribution in [0.2, 0.25) is 0 Å². The van der Waals surface area contributed by atoms with Gasteiger partial charge in [0.25, 0.3) is 0 Å². The molecule has 2 rings (SSSR count). The Morgan fingerprint density at radius 1 is 1.19 bits per heavy atom. The number of benzene rings is 1. The maximum atomic E-state index is 12.5. The SMILES string of the molecule is CC(=O)N(CCC(=O)Nc1c(C)cccc1C(C)C)CCC1=CCCCC1. The fourth-order valence-corrected chi connectivity index (χ4v) is 3.62. The Hall–Kier alpha value is -2.10. The molecular weight excluding hydrogens is 336 g/mol. The zero-order valence-electron chi connectivity index (χ0n) is 17.3. The first kappa shape index (κ1) is 21.2.